The molecule has 0 saturated carbocycles. The predicted octanol–water partition coefficient (Wildman–Crippen LogP) is 1.43. The highest BCUT2D eigenvalue weighted by molar-refractivity contribution is 5.73. The van der Waals surface area contributed by atoms with E-state index in [2.05, 4.69) is 10.3 Å². The van der Waals surface area contributed by atoms with Crippen molar-refractivity contribution in [2.45, 2.75) is 12.8 Å². The van der Waals surface area contributed by atoms with Gasteiger partial charge in [-0.15, -0.1) is 5.10 Å². The van der Waals surface area contributed by atoms with Crippen LogP contribution in [-0.2, 0) is 19.9 Å². The smallest absolute Gasteiger partial charge is 0.172 e. The number of nitrogens with zero attached hydrogens (tertiary/aromatic N) is 3. The van der Waals surface area contributed by atoms with Crippen LogP contribution < -0.4 is 9.47 Å². The van der Waals surface area contributed by atoms with Crippen molar-refractivity contribution in [3.05, 3.63) is 35.2 Å². The van der Waals surface area contributed by atoms with E-state index in [-0.39, 0.29) is 0 Å². The largest absolute Gasteiger partial charge is 0.493 e. The zero-order chi connectivity index (χ0) is 14.5. The summed E-state index contributed by atoms with van der Waals surface area (Å²) in [6, 6.07) is 5.78. The third kappa shape index (κ3) is 2.79. The van der Waals surface area contributed by atoms with Crippen molar-refractivity contribution in [1.82, 2.24) is 15.0 Å². The second-order valence-electron chi connectivity index (χ2n) is 4.35. The lowest BCUT2D eigenvalue weighted by Gasteiger charge is -2.09. The van der Waals surface area contributed by atoms with Gasteiger partial charge in [0.1, 0.15) is 5.69 Å². The van der Waals surface area contributed by atoms with Crippen molar-refractivity contribution in [2.24, 2.45) is 7.05 Å². The molecule has 1 aromatic carbocycles. The fourth-order valence-corrected chi connectivity index (χ4v) is 2.07. The zero-order valence-electron chi connectivity index (χ0n) is 11.8. The average molecular weight is 275 g/mol. The number of carbonyl (C=O) groups is 1. The fraction of sp³-hybridized carbons (Fsp3) is 0.357. The van der Waals surface area contributed by atoms with Gasteiger partial charge in [-0.1, -0.05) is 11.3 Å². The molecule has 6 heteroatoms. The summed E-state index contributed by atoms with van der Waals surface area (Å²) in [4.78, 5) is 10.9. The van der Waals surface area contributed by atoms with Crippen LogP contribution in [0.5, 0.6) is 11.5 Å². The first-order chi connectivity index (χ1) is 9.69. The Morgan fingerprint density at radius 3 is 2.60 bits per heavy atom. The van der Waals surface area contributed by atoms with Crippen molar-refractivity contribution < 1.29 is 14.3 Å². The summed E-state index contributed by atoms with van der Waals surface area (Å²) in [5.74, 6) is 1.40. The first-order valence-corrected chi connectivity index (χ1v) is 6.24. The molecule has 20 heavy (non-hydrogen) atoms. The van der Waals surface area contributed by atoms with Crippen LogP contribution in [0.2, 0.25) is 0 Å². The monoisotopic (exact) mass is 275 g/mol. The molecule has 2 aromatic rings. The minimum Gasteiger partial charge on any atom is -0.493 e. The van der Waals surface area contributed by atoms with E-state index in [4.69, 9.17) is 9.47 Å². The molecule has 6 nitrogen and oxygen atoms in total. The van der Waals surface area contributed by atoms with Crippen molar-refractivity contribution in [1.29, 1.82) is 0 Å². The van der Waals surface area contributed by atoms with E-state index < -0.39 is 0 Å². The van der Waals surface area contributed by atoms with Crippen LogP contribution in [0.1, 0.15) is 21.7 Å². The SMILES string of the molecule is COc1ccc(CCc2c(C=O)nnn2C)cc1OC. The first kappa shape index (κ1) is 14.0. The molecule has 1 aromatic heterocycles. The molecule has 0 radical (unpaired) electrons. The normalized spacial score (nSPS) is 10.3. The van der Waals surface area contributed by atoms with Crippen LogP contribution in [0.25, 0.3) is 0 Å². The molecular formula is C14H17N3O3. The molecule has 106 valence electrons. The van der Waals surface area contributed by atoms with Gasteiger partial charge in [-0.3, -0.25) is 9.48 Å². The highest BCUT2D eigenvalue weighted by atomic mass is 16.5. The molecule has 0 N–H and O–H groups in total. The Morgan fingerprint density at radius 2 is 1.95 bits per heavy atom. The predicted molar refractivity (Wildman–Crippen MR) is 73.3 cm³/mol. The second-order valence-corrected chi connectivity index (χ2v) is 4.35. The fourth-order valence-electron chi connectivity index (χ4n) is 2.07. The number of methoxy groups -OCH3 is 2. The Balaban J connectivity index is 2.14. The second kappa shape index (κ2) is 6.18. The van der Waals surface area contributed by atoms with Crippen LogP contribution >= 0.6 is 0 Å². The summed E-state index contributed by atoms with van der Waals surface area (Å²) in [7, 11) is 5.00. The molecule has 0 aliphatic heterocycles. The summed E-state index contributed by atoms with van der Waals surface area (Å²) in [5.41, 5.74) is 2.32. The summed E-state index contributed by atoms with van der Waals surface area (Å²) in [5, 5.41) is 7.66. The molecule has 0 amide bonds. The standard InChI is InChI=1S/C14H17N3O3/c1-17-12(11(9-18)15-16-17)6-4-10-5-7-13(19-2)14(8-10)20-3/h5,7-9H,4,6H2,1-3H3. The first-order valence-electron chi connectivity index (χ1n) is 6.24. The Labute approximate surface area is 117 Å². The minimum atomic E-state index is 0.396. The van der Waals surface area contributed by atoms with Crippen molar-refractivity contribution in [2.75, 3.05) is 14.2 Å². The van der Waals surface area contributed by atoms with Crippen LogP contribution in [0.4, 0.5) is 0 Å². The molecule has 0 atom stereocenters. The van der Waals surface area contributed by atoms with E-state index in [0.717, 1.165) is 24.0 Å². The average Bonchev–Trinajstić information content (AvgIpc) is 2.85. The van der Waals surface area contributed by atoms with Gasteiger partial charge in [-0.2, -0.15) is 0 Å². The molecule has 0 fully saturated rings. The van der Waals surface area contributed by atoms with E-state index >= 15 is 0 Å². The van der Waals surface area contributed by atoms with Crippen molar-refractivity contribution >= 4 is 6.29 Å². The number of rotatable bonds is 6. The van der Waals surface area contributed by atoms with Crippen LogP contribution in [0.3, 0.4) is 0 Å². The lowest BCUT2D eigenvalue weighted by Crippen LogP contribution is -2.03. The van der Waals surface area contributed by atoms with Gasteiger partial charge in [-0.05, 0) is 30.5 Å². The molecule has 0 aliphatic carbocycles. The topological polar surface area (TPSA) is 66.2 Å². The van der Waals surface area contributed by atoms with Gasteiger partial charge in [0.05, 0.1) is 19.9 Å². The summed E-state index contributed by atoms with van der Waals surface area (Å²) in [6.45, 7) is 0. The Kier molecular flexibility index (Phi) is 4.34. The Morgan fingerprint density at radius 1 is 1.20 bits per heavy atom. The van der Waals surface area contributed by atoms with Crippen LogP contribution in [0.15, 0.2) is 18.2 Å². The molecule has 0 aliphatic rings. The maximum Gasteiger partial charge on any atom is 0.172 e. The quantitative estimate of drug-likeness (QED) is 0.746. The molecular weight excluding hydrogens is 258 g/mol. The lowest BCUT2D eigenvalue weighted by atomic mass is 10.1. The number of aryl methyl sites for hydroxylation is 2. The van der Waals surface area contributed by atoms with Gasteiger partial charge in [0, 0.05) is 7.05 Å². The number of hydrogen-bond acceptors (Lipinski definition) is 5. The maximum atomic E-state index is 10.9. The number of ether oxygens (including phenoxy) is 2. The number of hydrogen-bond donors (Lipinski definition) is 0. The van der Waals surface area contributed by atoms with Gasteiger partial charge in [0.15, 0.2) is 17.8 Å². The van der Waals surface area contributed by atoms with Crippen LogP contribution in [-0.4, -0.2) is 35.5 Å². The van der Waals surface area contributed by atoms with E-state index in [1.165, 1.54) is 0 Å². The molecule has 0 spiro atoms. The van der Waals surface area contributed by atoms with Gasteiger partial charge in [0.2, 0.25) is 0 Å². The van der Waals surface area contributed by atoms with E-state index in [9.17, 15) is 4.79 Å². The van der Waals surface area contributed by atoms with Gasteiger partial charge in [0.25, 0.3) is 0 Å². The third-order valence-electron chi connectivity index (χ3n) is 3.18. The molecule has 0 saturated heterocycles. The van der Waals surface area contributed by atoms with Crippen molar-refractivity contribution in [3.8, 4) is 11.5 Å². The maximum absolute atomic E-state index is 10.9. The van der Waals surface area contributed by atoms with Gasteiger partial charge in [-0.25, -0.2) is 0 Å². The molecule has 2 rings (SSSR count). The van der Waals surface area contributed by atoms with Crippen molar-refractivity contribution in [3.63, 3.8) is 0 Å². The summed E-state index contributed by atoms with van der Waals surface area (Å²) >= 11 is 0. The lowest BCUT2D eigenvalue weighted by molar-refractivity contribution is 0.111. The number of aldehydes is 1. The highest BCUT2D eigenvalue weighted by Gasteiger charge is 2.11. The number of carbonyl (C=O) groups excluding carboxylic acids is 1. The van der Waals surface area contributed by atoms with E-state index in [1.807, 2.05) is 18.2 Å². The van der Waals surface area contributed by atoms with Crippen LogP contribution in [0, 0.1) is 0 Å². The third-order valence-corrected chi connectivity index (χ3v) is 3.18. The number of benzene rings is 1. The molecule has 0 unspecified atom stereocenters. The zero-order valence-corrected chi connectivity index (χ0v) is 11.8. The minimum absolute atomic E-state index is 0.396. The Hall–Kier alpha value is -2.37. The Bertz CT molecular complexity index is 608. The van der Waals surface area contributed by atoms with E-state index in [1.54, 1.807) is 25.9 Å². The summed E-state index contributed by atoms with van der Waals surface area (Å²) < 4.78 is 12.1. The van der Waals surface area contributed by atoms with Gasteiger partial charge < -0.3 is 9.47 Å². The number of aromatic nitrogens is 3. The molecule has 1 heterocycles. The van der Waals surface area contributed by atoms with E-state index in [0.29, 0.717) is 23.6 Å². The summed E-state index contributed by atoms with van der Waals surface area (Å²) in [6.07, 6.45) is 2.19. The highest BCUT2D eigenvalue weighted by Crippen LogP contribution is 2.28. The molecule has 0 bridgehead atoms. The van der Waals surface area contributed by atoms with Gasteiger partial charge >= 0.3 is 0 Å².